The van der Waals surface area contributed by atoms with Crippen LogP contribution < -0.4 is 10.6 Å². The van der Waals surface area contributed by atoms with E-state index >= 15 is 0 Å². The Kier molecular flexibility index (Phi) is 4.35. The zero-order valence-electron chi connectivity index (χ0n) is 14.6. The second-order valence-corrected chi connectivity index (χ2v) is 5.94. The van der Waals surface area contributed by atoms with Crippen molar-refractivity contribution < 1.29 is 4.92 Å². The highest BCUT2D eigenvalue weighted by Crippen LogP contribution is 2.31. The van der Waals surface area contributed by atoms with E-state index in [1.165, 1.54) is 6.07 Å². The van der Waals surface area contributed by atoms with Gasteiger partial charge in [-0.05, 0) is 25.2 Å². The van der Waals surface area contributed by atoms with Crippen LogP contribution in [-0.2, 0) is 0 Å². The number of nitrogens with zero attached hydrogens (tertiary/aromatic N) is 5. The maximum atomic E-state index is 11.5. The molecule has 2 aromatic heterocycles. The molecule has 136 valence electrons. The van der Waals surface area contributed by atoms with Gasteiger partial charge in [0.15, 0.2) is 11.5 Å². The van der Waals surface area contributed by atoms with Crippen molar-refractivity contribution in [1.29, 1.82) is 0 Å². The number of rotatable bonds is 6. The van der Waals surface area contributed by atoms with Crippen molar-refractivity contribution in [3.63, 3.8) is 0 Å². The summed E-state index contributed by atoms with van der Waals surface area (Å²) in [5, 5.41) is 27.2. The normalized spacial score (nSPS) is 11.1. The zero-order valence-corrected chi connectivity index (χ0v) is 14.6. The number of likely N-dealkylation sites (N-methyl/N-ethyl adjacent to an activating group) is 1. The van der Waals surface area contributed by atoms with Crippen LogP contribution in [0.3, 0.4) is 0 Å². The van der Waals surface area contributed by atoms with Gasteiger partial charge in [0.25, 0.3) is 5.69 Å². The second-order valence-electron chi connectivity index (χ2n) is 5.94. The van der Waals surface area contributed by atoms with Crippen molar-refractivity contribution in [3.8, 4) is 11.4 Å². The number of nitro benzene ring substituents is 1. The molecular weight excluding hydrogens is 346 g/mol. The van der Waals surface area contributed by atoms with Crippen molar-refractivity contribution in [2.45, 2.75) is 0 Å². The zero-order chi connectivity index (χ0) is 18.8. The van der Waals surface area contributed by atoms with Gasteiger partial charge in [-0.2, -0.15) is 0 Å². The quantitative estimate of drug-likeness (QED) is 0.308. The van der Waals surface area contributed by atoms with Gasteiger partial charge in [0.2, 0.25) is 5.95 Å². The fourth-order valence-electron chi connectivity index (χ4n) is 3.00. The molecule has 4 rings (SSSR count). The van der Waals surface area contributed by atoms with E-state index in [0.717, 1.165) is 17.4 Å². The van der Waals surface area contributed by atoms with Crippen molar-refractivity contribution in [2.24, 2.45) is 0 Å². The lowest BCUT2D eigenvalue weighted by Gasteiger charge is -2.11. The molecule has 0 atom stereocenters. The molecule has 0 saturated carbocycles. The molecule has 0 aliphatic heterocycles. The Morgan fingerprint density at radius 1 is 1.07 bits per heavy atom. The number of benzene rings is 2. The van der Waals surface area contributed by atoms with Crippen LogP contribution >= 0.6 is 0 Å². The Morgan fingerprint density at radius 2 is 1.85 bits per heavy atom. The monoisotopic (exact) mass is 363 g/mol. The van der Waals surface area contributed by atoms with Gasteiger partial charge in [0.1, 0.15) is 0 Å². The van der Waals surface area contributed by atoms with Crippen LogP contribution in [0.1, 0.15) is 0 Å². The Morgan fingerprint density at radius 3 is 2.67 bits per heavy atom. The lowest BCUT2D eigenvalue weighted by molar-refractivity contribution is -0.384. The highest BCUT2D eigenvalue weighted by atomic mass is 16.6. The van der Waals surface area contributed by atoms with Gasteiger partial charge in [-0.15, -0.1) is 10.2 Å². The Labute approximate surface area is 154 Å². The van der Waals surface area contributed by atoms with E-state index in [4.69, 9.17) is 0 Å². The number of hydrogen-bond donors (Lipinski definition) is 2. The van der Waals surface area contributed by atoms with E-state index in [1.54, 1.807) is 22.6 Å². The van der Waals surface area contributed by atoms with E-state index in [-0.39, 0.29) is 5.69 Å². The number of nitro groups is 1. The Hall–Kier alpha value is -3.59. The summed E-state index contributed by atoms with van der Waals surface area (Å²) in [5.41, 5.74) is 1.74. The van der Waals surface area contributed by atoms with Crippen molar-refractivity contribution in [3.05, 3.63) is 58.6 Å². The van der Waals surface area contributed by atoms with Gasteiger partial charge in [0, 0.05) is 24.5 Å². The first kappa shape index (κ1) is 16.9. The van der Waals surface area contributed by atoms with Crippen molar-refractivity contribution in [2.75, 3.05) is 25.5 Å². The molecule has 0 unspecified atom stereocenters. The highest BCUT2D eigenvalue weighted by molar-refractivity contribution is 5.93. The van der Waals surface area contributed by atoms with Gasteiger partial charge in [-0.1, -0.05) is 24.3 Å². The first-order chi connectivity index (χ1) is 13.2. The molecule has 0 aliphatic carbocycles. The van der Waals surface area contributed by atoms with Gasteiger partial charge in [0.05, 0.1) is 16.0 Å². The van der Waals surface area contributed by atoms with Crippen LogP contribution in [0, 0.1) is 10.1 Å². The minimum absolute atomic E-state index is 0.0267. The summed E-state index contributed by atoms with van der Waals surface area (Å²) in [5.74, 6) is 0.916. The number of fused-ring (bicyclic) bond motifs is 3. The molecule has 0 radical (unpaired) electrons. The Balaban J connectivity index is 2.00. The lowest BCUT2D eigenvalue weighted by atomic mass is 10.1. The van der Waals surface area contributed by atoms with E-state index in [0.29, 0.717) is 29.5 Å². The van der Waals surface area contributed by atoms with E-state index < -0.39 is 4.92 Å². The fraction of sp³-hybridized carbons (Fsp3) is 0.167. The second kappa shape index (κ2) is 6.96. The summed E-state index contributed by atoms with van der Waals surface area (Å²) in [4.78, 5) is 15.7. The average molecular weight is 363 g/mol. The average Bonchev–Trinajstić information content (AvgIpc) is 3.13. The fourth-order valence-corrected chi connectivity index (χ4v) is 3.00. The molecule has 0 amide bonds. The summed E-state index contributed by atoms with van der Waals surface area (Å²) in [6.07, 6.45) is 0. The molecule has 0 aliphatic rings. The SMILES string of the molecule is CNCCNc1nc2ccccc2c2nnc(-c3ccccc3[N+](=O)[O-])n12. The maximum absolute atomic E-state index is 11.5. The predicted molar refractivity (Wildman–Crippen MR) is 103 cm³/mol. The highest BCUT2D eigenvalue weighted by Gasteiger charge is 2.22. The van der Waals surface area contributed by atoms with E-state index in [2.05, 4.69) is 25.8 Å². The topological polar surface area (TPSA) is 110 Å². The van der Waals surface area contributed by atoms with Gasteiger partial charge in [-0.25, -0.2) is 9.38 Å². The molecular formula is C18H17N7O2. The molecule has 2 heterocycles. The molecule has 2 N–H and O–H groups in total. The van der Waals surface area contributed by atoms with Gasteiger partial charge >= 0.3 is 0 Å². The van der Waals surface area contributed by atoms with Crippen LogP contribution in [0.15, 0.2) is 48.5 Å². The smallest absolute Gasteiger partial charge is 0.280 e. The summed E-state index contributed by atoms with van der Waals surface area (Å²) in [6, 6.07) is 14.1. The molecule has 0 saturated heterocycles. The molecule has 0 fully saturated rings. The molecule has 4 aromatic rings. The third kappa shape index (κ3) is 2.93. The van der Waals surface area contributed by atoms with Crippen LogP contribution in [0.5, 0.6) is 0 Å². The van der Waals surface area contributed by atoms with Gasteiger partial charge in [-0.3, -0.25) is 10.1 Å². The molecule has 9 heteroatoms. The number of aromatic nitrogens is 4. The standard InChI is InChI=1S/C18H17N7O2/c1-19-10-11-20-18-21-14-8-4-2-6-12(14)16-22-23-17(24(16)18)13-7-3-5-9-15(13)25(26)27/h2-9,19H,10-11H2,1H3,(H,20,21). The maximum Gasteiger partial charge on any atom is 0.280 e. The van der Waals surface area contributed by atoms with Crippen LogP contribution in [0.4, 0.5) is 11.6 Å². The molecule has 9 nitrogen and oxygen atoms in total. The van der Waals surface area contributed by atoms with Crippen molar-refractivity contribution >= 4 is 28.2 Å². The first-order valence-electron chi connectivity index (χ1n) is 8.47. The summed E-state index contributed by atoms with van der Waals surface area (Å²) in [6.45, 7) is 1.37. The van der Waals surface area contributed by atoms with E-state index in [9.17, 15) is 10.1 Å². The third-order valence-corrected chi connectivity index (χ3v) is 4.25. The molecule has 27 heavy (non-hydrogen) atoms. The summed E-state index contributed by atoms with van der Waals surface area (Å²) < 4.78 is 1.74. The number of nitrogens with one attached hydrogen (secondary N) is 2. The molecule has 0 spiro atoms. The van der Waals surface area contributed by atoms with Crippen molar-refractivity contribution in [1.82, 2.24) is 24.9 Å². The number of hydrogen-bond acceptors (Lipinski definition) is 7. The number of anilines is 1. The van der Waals surface area contributed by atoms with Crippen LogP contribution in [-0.4, -0.2) is 44.6 Å². The van der Waals surface area contributed by atoms with Crippen LogP contribution in [0.2, 0.25) is 0 Å². The summed E-state index contributed by atoms with van der Waals surface area (Å²) in [7, 11) is 1.86. The largest absolute Gasteiger partial charge is 0.354 e. The number of para-hydroxylation sites is 2. The molecule has 2 aromatic carbocycles. The molecule has 0 bridgehead atoms. The third-order valence-electron chi connectivity index (χ3n) is 4.25. The van der Waals surface area contributed by atoms with Crippen LogP contribution in [0.25, 0.3) is 27.9 Å². The first-order valence-corrected chi connectivity index (χ1v) is 8.47. The van der Waals surface area contributed by atoms with E-state index in [1.807, 2.05) is 31.3 Å². The minimum atomic E-state index is -0.418. The Bertz CT molecular complexity index is 1140. The predicted octanol–water partition coefficient (Wildman–Crippen LogP) is 2.48. The lowest BCUT2D eigenvalue weighted by Crippen LogP contribution is -2.19. The minimum Gasteiger partial charge on any atom is -0.354 e. The van der Waals surface area contributed by atoms with Gasteiger partial charge < -0.3 is 10.6 Å². The summed E-state index contributed by atoms with van der Waals surface area (Å²) >= 11 is 0.